The number of hydrogen-bond donors (Lipinski definition) is 0. The highest BCUT2D eigenvalue weighted by atomic mass is 35.5. The van der Waals surface area contributed by atoms with Crippen molar-refractivity contribution >= 4 is 23.2 Å². The minimum Gasteiger partial charge on any atom is -0.199 e. The van der Waals surface area contributed by atoms with Gasteiger partial charge in [-0.15, -0.1) is 0 Å². The lowest BCUT2D eigenvalue weighted by Gasteiger charge is -2.16. The number of hydrogen-bond acceptors (Lipinski definition) is 0. The molecule has 0 fully saturated rings. The Labute approximate surface area is 62.4 Å². The van der Waals surface area contributed by atoms with Crippen molar-refractivity contribution in [3.8, 4) is 0 Å². The summed E-state index contributed by atoms with van der Waals surface area (Å²) in [5.74, 6) is -3.16. The highest BCUT2D eigenvalue weighted by molar-refractivity contribution is 6.45. The summed E-state index contributed by atoms with van der Waals surface area (Å²) < 4.78 is 24.6. The van der Waals surface area contributed by atoms with E-state index in [4.69, 9.17) is 23.2 Å². The molecule has 0 unspecified atom stereocenters. The van der Waals surface area contributed by atoms with Crippen LogP contribution in [0.5, 0.6) is 0 Å². The Bertz CT molecular complexity index is 120. The number of rotatable bonds is 2. The van der Waals surface area contributed by atoms with E-state index in [9.17, 15) is 8.78 Å². The summed E-state index contributed by atoms with van der Waals surface area (Å²) in [6, 6.07) is 0. The molecule has 0 aliphatic carbocycles. The molecule has 0 aromatic rings. The molecule has 0 bridgehead atoms. The van der Waals surface area contributed by atoms with Gasteiger partial charge in [-0.2, -0.15) is 8.78 Å². The van der Waals surface area contributed by atoms with Crippen molar-refractivity contribution in [2.24, 2.45) is 0 Å². The topological polar surface area (TPSA) is 0 Å². The van der Waals surface area contributed by atoms with E-state index < -0.39 is 10.8 Å². The van der Waals surface area contributed by atoms with Crippen LogP contribution < -0.4 is 0 Å². The third-order valence-corrected chi connectivity index (χ3v) is 1.39. The Balaban J connectivity index is 4.19. The third-order valence-electron chi connectivity index (χ3n) is 0.843. The summed E-state index contributed by atoms with van der Waals surface area (Å²) in [6.45, 7) is 4.21. The fourth-order valence-corrected chi connectivity index (χ4v) is 0.559. The molecule has 0 amide bonds. The van der Waals surface area contributed by atoms with Crippen LogP contribution in [0.4, 0.5) is 8.78 Å². The molecule has 0 N–H and O–H groups in total. The van der Waals surface area contributed by atoms with Gasteiger partial charge in [-0.1, -0.05) is 29.8 Å². The number of halogens is 4. The minimum absolute atomic E-state index is 0.322. The number of allylic oxidation sites excluding steroid dienone is 1. The molecular weight excluding hydrogens is 169 g/mol. The average molecular weight is 175 g/mol. The number of alkyl halides is 4. The predicted octanol–water partition coefficient (Wildman–Crippen LogP) is 3.00. The van der Waals surface area contributed by atoms with E-state index in [2.05, 4.69) is 6.58 Å². The monoisotopic (exact) mass is 174 g/mol. The zero-order valence-electron chi connectivity index (χ0n) is 4.80. The maximum atomic E-state index is 12.3. The van der Waals surface area contributed by atoms with Crippen molar-refractivity contribution in [1.82, 2.24) is 0 Å². The van der Waals surface area contributed by atoms with Crippen LogP contribution in [-0.4, -0.2) is 10.8 Å². The molecule has 0 nitrogen and oxygen atoms in total. The maximum Gasteiger partial charge on any atom is 0.298 e. The molecular formula is C5H6Cl2F2. The van der Waals surface area contributed by atoms with Gasteiger partial charge in [-0.25, -0.2) is 0 Å². The summed E-state index contributed by atoms with van der Waals surface area (Å²) >= 11 is 9.84. The molecule has 0 aliphatic rings. The van der Waals surface area contributed by atoms with Crippen LogP contribution in [0.25, 0.3) is 0 Å². The van der Waals surface area contributed by atoms with Crippen molar-refractivity contribution in [1.29, 1.82) is 0 Å². The lowest BCUT2D eigenvalue weighted by Crippen LogP contribution is -2.25. The molecule has 0 rings (SSSR count). The lowest BCUT2D eigenvalue weighted by molar-refractivity contribution is 0.0574. The molecule has 4 heteroatoms. The van der Waals surface area contributed by atoms with Gasteiger partial charge in [0.15, 0.2) is 4.84 Å². The fourth-order valence-electron chi connectivity index (χ4n) is 0.186. The molecule has 0 aromatic carbocycles. The van der Waals surface area contributed by atoms with Gasteiger partial charge in [0.2, 0.25) is 0 Å². The van der Waals surface area contributed by atoms with Crippen LogP contribution in [0.2, 0.25) is 0 Å². The predicted molar refractivity (Wildman–Crippen MR) is 35.3 cm³/mol. The van der Waals surface area contributed by atoms with Crippen molar-refractivity contribution < 1.29 is 8.78 Å². The molecule has 0 atom stereocenters. The zero-order chi connectivity index (χ0) is 7.65. The van der Waals surface area contributed by atoms with E-state index in [-0.39, 0.29) is 5.57 Å². The quantitative estimate of drug-likeness (QED) is 0.447. The van der Waals surface area contributed by atoms with Gasteiger partial charge in [-0.05, 0) is 12.5 Å². The van der Waals surface area contributed by atoms with E-state index >= 15 is 0 Å². The molecule has 0 radical (unpaired) electrons. The summed E-state index contributed by atoms with van der Waals surface area (Å²) in [6.07, 6.45) is 0. The Kier molecular flexibility index (Phi) is 2.90. The molecule has 0 heterocycles. The van der Waals surface area contributed by atoms with Gasteiger partial charge in [0, 0.05) is 0 Å². The van der Waals surface area contributed by atoms with Gasteiger partial charge >= 0.3 is 0 Å². The summed E-state index contributed by atoms with van der Waals surface area (Å²) in [5, 5.41) is 0. The average Bonchev–Trinajstić information content (AvgIpc) is 1.65. The van der Waals surface area contributed by atoms with Crippen LogP contribution in [0.1, 0.15) is 6.92 Å². The molecule has 54 valence electrons. The summed E-state index contributed by atoms with van der Waals surface area (Å²) in [5.41, 5.74) is -0.322. The zero-order valence-corrected chi connectivity index (χ0v) is 6.31. The third kappa shape index (κ3) is 2.11. The second-order valence-electron chi connectivity index (χ2n) is 1.70. The molecule has 9 heavy (non-hydrogen) atoms. The molecule has 0 saturated heterocycles. The van der Waals surface area contributed by atoms with Crippen LogP contribution in [0.3, 0.4) is 0 Å². The summed E-state index contributed by atoms with van der Waals surface area (Å²) in [4.78, 5) is -1.70. The van der Waals surface area contributed by atoms with Gasteiger partial charge < -0.3 is 0 Å². The van der Waals surface area contributed by atoms with Gasteiger partial charge in [0.25, 0.3) is 5.92 Å². The first-order valence-electron chi connectivity index (χ1n) is 2.21. The van der Waals surface area contributed by atoms with E-state index in [1.54, 1.807) is 0 Å². The highest BCUT2D eigenvalue weighted by Crippen LogP contribution is 2.32. The molecule has 0 spiro atoms. The Morgan fingerprint density at radius 1 is 1.56 bits per heavy atom. The standard InChI is InChI=1S/C5H6Cl2F2/c1-3(2)5(8,9)4(6)7/h4H,1H2,2H3. The molecule has 0 saturated carbocycles. The minimum atomic E-state index is -3.16. The van der Waals surface area contributed by atoms with Crippen molar-refractivity contribution in [3.63, 3.8) is 0 Å². The van der Waals surface area contributed by atoms with Crippen LogP contribution in [0, 0.1) is 0 Å². The van der Waals surface area contributed by atoms with Crippen LogP contribution in [0.15, 0.2) is 12.2 Å². The second-order valence-corrected chi connectivity index (χ2v) is 2.80. The van der Waals surface area contributed by atoms with E-state index in [1.807, 2.05) is 0 Å². The first-order valence-corrected chi connectivity index (χ1v) is 3.08. The lowest BCUT2D eigenvalue weighted by atomic mass is 10.2. The first kappa shape index (κ1) is 9.18. The van der Waals surface area contributed by atoms with Crippen molar-refractivity contribution in [3.05, 3.63) is 12.2 Å². The largest absolute Gasteiger partial charge is 0.298 e. The van der Waals surface area contributed by atoms with Crippen LogP contribution in [-0.2, 0) is 0 Å². The maximum absolute atomic E-state index is 12.3. The second kappa shape index (κ2) is 2.84. The first-order chi connectivity index (χ1) is 3.89. The SMILES string of the molecule is C=C(C)C(F)(F)C(Cl)Cl. The smallest absolute Gasteiger partial charge is 0.199 e. The van der Waals surface area contributed by atoms with Crippen molar-refractivity contribution in [2.75, 3.05) is 0 Å². The fraction of sp³-hybridized carbons (Fsp3) is 0.600. The Morgan fingerprint density at radius 2 is 1.89 bits per heavy atom. The van der Waals surface area contributed by atoms with Gasteiger partial charge in [-0.3, -0.25) is 0 Å². The van der Waals surface area contributed by atoms with Crippen LogP contribution >= 0.6 is 23.2 Å². The normalized spacial score (nSPS) is 12.2. The van der Waals surface area contributed by atoms with Gasteiger partial charge in [0.1, 0.15) is 0 Å². The Hall–Kier alpha value is 0.180. The highest BCUT2D eigenvalue weighted by Gasteiger charge is 2.37. The molecule has 0 aromatic heterocycles. The van der Waals surface area contributed by atoms with E-state index in [0.717, 1.165) is 0 Å². The van der Waals surface area contributed by atoms with Gasteiger partial charge in [0.05, 0.1) is 0 Å². The molecule has 0 aliphatic heterocycles. The summed E-state index contributed by atoms with van der Waals surface area (Å²) in [7, 11) is 0. The van der Waals surface area contributed by atoms with E-state index in [1.165, 1.54) is 6.92 Å². The van der Waals surface area contributed by atoms with E-state index in [0.29, 0.717) is 0 Å². The Morgan fingerprint density at radius 3 is 1.89 bits per heavy atom. The van der Waals surface area contributed by atoms with Crippen molar-refractivity contribution in [2.45, 2.75) is 17.7 Å².